The third-order valence-corrected chi connectivity index (χ3v) is 4.50. The largest absolute Gasteiger partial charge is 0.365 e. The zero-order valence-corrected chi connectivity index (χ0v) is 14.0. The van der Waals surface area contributed by atoms with Crippen LogP contribution in [0.5, 0.6) is 0 Å². The van der Waals surface area contributed by atoms with Gasteiger partial charge in [-0.1, -0.05) is 12.1 Å². The molecule has 0 fully saturated rings. The molecule has 2 heterocycles. The second-order valence-electron chi connectivity index (χ2n) is 5.46. The van der Waals surface area contributed by atoms with Crippen molar-refractivity contribution in [3.8, 4) is 0 Å². The molecule has 3 rings (SSSR count). The Morgan fingerprint density at radius 3 is 2.87 bits per heavy atom. The number of benzene rings is 1. The number of aryl methyl sites for hydroxylation is 1. The lowest BCUT2D eigenvalue weighted by molar-refractivity contribution is 0.0933. The number of aromatic nitrogens is 3. The van der Waals surface area contributed by atoms with Crippen LogP contribution in [0.25, 0.3) is 11.0 Å². The molecule has 2 aromatic heterocycles. The molecule has 1 amide bonds. The number of imidazole rings is 1. The number of para-hydroxylation sites is 2. The molecule has 0 spiro atoms. The standard InChI is InChI=1S/C17H20N4OS/c1-11-12(7-9-18-11)17(22)21-15(8-10-23-2)16-19-13-5-3-4-6-14(13)20-16/h3-7,9,15,18H,8,10H2,1-2H3,(H,19,20)(H,21,22). The van der Waals surface area contributed by atoms with Gasteiger partial charge in [0.15, 0.2) is 0 Å². The first-order valence-corrected chi connectivity index (χ1v) is 8.97. The van der Waals surface area contributed by atoms with Crippen molar-refractivity contribution in [1.82, 2.24) is 20.3 Å². The molecule has 5 nitrogen and oxygen atoms in total. The maximum atomic E-state index is 12.5. The average Bonchev–Trinajstić information content (AvgIpc) is 3.16. The fourth-order valence-electron chi connectivity index (χ4n) is 2.59. The summed E-state index contributed by atoms with van der Waals surface area (Å²) in [4.78, 5) is 23.5. The number of amides is 1. The van der Waals surface area contributed by atoms with Crippen molar-refractivity contribution in [2.45, 2.75) is 19.4 Å². The first-order valence-electron chi connectivity index (χ1n) is 7.57. The van der Waals surface area contributed by atoms with Gasteiger partial charge in [0.1, 0.15) is 5.82 Å². The predicted molar refractivity (Wildman–Crippen MR) is 94.8 cm³/mol. The highest BCUT2D eigenvalue weighted by Crippen LogP contribution is 2.21. The van der Waals surface area contributed by atoms with Crippen molar-refractivity contribution < 1.29 is 4.79 Å². The lowest BCUT2D eigenvalue weighted by Crippen LogP contribution is -2.30. The number of nitrogens with zero attached hydrogens (tertiary/aromatic N) is 1. The number of rotatable bonds is 6. The first-order chi connectivity index (χ1) is 11.2. The van der Waals surface area contributed by atoms with E-state index in [1.807, 2.05) is 31.2 Å². The number of aromatic amines is 2. The number of hydrogen-bond donors (Lipinski definition) is 3. The highest BCUT2D eigenvalue weighted by atomic mass is 32.2. The van der Waals surface area contributed by atoms with E-state index in [2.05, 4.69) is 26.5 Å². The molecule has 0 radical (unpaired) electrons. The van der Waals surface area contributed by atoms with Gasteiger partial charge in [-0.05, 0) is 43.6 Å². The van der Waals surface area contributed by atoms with Gasteiger partial charge in [-0.15, -0.1) is 0 Å². The molecule has 1 atom stereocenters. The quantitative estimate of drug-likeness (QED) is 0.649. The van der Waals surface area contributed by atoms with Gasteiger partial charge in [0.05, 0.1) is 22.6 Å². The Morgan fingerprint density at radius 2 is 2.17 bits per heavy atom. The van der Waals surface area contributed by atoms with Crippen molar-refractivity contribution >= 4 is 28.7 Å². The van der Waals surface area contributed by atoms with Crippen molar-refractivity contribution in [2.24, 2.45) is 0 Å². The fraction of sp³-hybridized carbons (Fsp3) is 0.294. The first kappa shape index (κ1) is 15.7. The summed E-state index contributed by atoms with van der Waals surface area (Å²) in [5, 5.41) is 3.11. The van der Waals surface area contributed by atoms with Crippen LogP contribution in [0.3, 0.4) is 0 Å². The number of carbonyl (C=O) groups excluding carboxylic acids is 1. The van der Waals surface area contributed by atoms with E-state index >= 15 is 0 Å². The van der Waals surface area contributed by atoms with Crippen molar-refractivity contribution in [3.63, 3.8) is 0 Å². The number of carbonyl (C=O) groups is 1. The van der Waals surface area contributed by atoms with E-state index in [9.17, 15) is 4.79 Å². The normalized spacial score (nSPS) is 12.4. The summed E-state index contributed by atoms with van der Waals surface area (Å²) in [6.07, 6.45) is 4.67. The number of H-pyrrole nitrogens is 2. The summed E-state index contributed by atoms with van der Waals surface area (Å²) in [6.45, 7) is 1.90. The van der Waals surface area contributed by atoms with Gasteiger partial charge in [0.2, 0.25) is 0 Å². The van der Waals surface area contributed by atoms with Gasteiger partial charge >= 0.3 is 0 Å². The second-order valence-corrected chi connectivity index (χ2v) is 6.45. The summed E-state index contributed by atoms with van der Waals surface area (Å²) in [5.74, 6) is 1.69. The molecule has 1 unspecified atom stereocenters. The lowest BCUT2D eigenvalue weighted by Gasteiger charge is -2.16. The molecular formula is C17H20N4OS. The molecule has 3 aromatic rings. The molecule has 23 heavy (non-hydrogen) atoms. The van der Waals surface area contributed by atoms with E-state index in [4.69, 9.17) is 0 Å². The van der Waals surface area contributed by atoms with Crippen LogP contribution in [0.1, 0.15) is 34.3 Å². The minimum Gasteiger partial charge on any atom is -0.365 e. The Labute approximate surface area is 139 Å². The SMILES string of the molecule is CSCCC(NC(=O)c1cc[nH]c1C)c1nc2ccccc2[nH]1. The molecule has 1 aromatic carbocycles. The van der Waals surface area contributed by atoms with Gasteiger partial charge in [-0.3, -0.25) is 4.79 Å². The highest BCUT2D eigenvalue weighted by molar-refractivity contribution is 7.98. The van der Waals surface area contributed by atoms with E-state index in [-0.39, 0.29) is 11.9 Å². The molecule has 0 saturated carbocycles. The van der Waals surface area contributed by atoms with Crippen molar-refractivity contribution in [1.29, 1.82) is 0 Å². The molecule has 0 aliphatic heterocycles. The van der Waals surface area contributed by atoms with Gasteiger partial charge in [-0.2, -0.15) is 11.8 Å². The minimum atomic E-state index is -0.128. The van der Waals surface area contributed by atoms with Crippen LogP contribution in [0.4, 0.5) is 0 Å². The Balaban J connectivity index is 1.85. The van der Waals surface area contributed by atoms with Crippen LogP contribution in [0.15, 0.2) is 36.5 Å². The molecular weight excluding hydrogens is 308 g/mol. The lowest BCUT2D eigenvalue weighted by atomic mass is 10.1. The third-order valence-electron chi connectivity index (χ3n) is 3.85. The van der Waals surface area contributed by atoms with Crippen LogP contribution in [-0.2, 0) is 0 Å². The molecule has 0 aliphatic carbocycles. The molecule has 0 saturated heterocycles. The van der Waals surface area contributed by atoms with Crippen LogP contribution >= 0.6 is 11.8 Å². The van der Waals surface area contributed by atoms with Gasteiger partial charge in [-0.25, -0.2) is 4.98 Å². The number of fused-ring (bicyclic) bond motifs is 1. The summed E-state index contributed by atoms with van der Waals surface area (Å²) < 4.78 is 0. The average molecular weight is 328 g/mol. The predicted octanol–water partition coefficient (Wildman–Crippen LogP) is 3.42. The Morgan fingerprint density at radius 1 is 1.35 bits per heavy atom. The summed E-state index contributed by atoms with van der Waals surface area (Å²) in [5.41, 5.74) is 3.46. The second kappa shape index (κ2) is 6.91. The number of nitrogens with one attached hydrogen (secondary N) is 3. The third kappa shape index (κ3) is 3.42. The van der Waals surface area contributed by atoms with E-state index in [0.717, 1.165) is 34.7 Å². The van der Waals surface area contributed by atoms with Crippen LogP contribution in [-0.4, -0.2) is 32.9 Å². The Bertz CT molecular complexity index is 775. The molecule has 6 heteroatoms. The zero-order valence-electron chi connectivity index (χ0n) is 13.2. The summed E-state index contributed by atoms with van der Waals surface area (Å²) in [7, 11) is 0. The Kier molecular flexibility index (Phi) is 4.71. The summed E-state index contributed by atoms with van der Waals surface area (Å²) in [6, 6.07) is 9.58. The number of hydrogen-bond acceptors (Lipinski definition) is 3. The van der Waals surface area contributed by atoms with E-state index in [0.29, 0.717) is 5.56 Å². The minimum absolute atomic E-state index is 0.0738. The molecule has 3 N–H and O–H groups in total. The zero-order chi connectivity index (χ0) is 16.2. The highest BCUT2D eigenvalue weighted by Gasteiger charge is 2.20. The monoisotopic (exact) mass is 328 g/mol. The van der Waals surface area contributed by atoms with E-state index in [1.54, 1.807) is 24.0 Å². The van der Waals surface area contributed by atoms with Crippen LogP contribution < -0.4 is 5.32 Å². The van der Waals surface area contributed by atoms with Crippen LogP contribution in [0.2, 0.25) is 0 Å². The topological polar surface area (TPSA) is 73.6 Å². The smallest absolute Gasteiger partial charge is 0.253 e. The summed E-state index contributed by atoms with van der Waals surface area (Å²) >= 11 is 1.76. The van der Waals surface area contributed by atoms with E-state index < -0.39 is 0 Å². The van der Waals surface area contributed by atoms with Crippen molar-refractivity contribution in [2.75, 3.05) is 12.0 Å². The number of thioether (sulfide) groups is 1. The van der Waals surface area contributed by atoms with Gasteiger partial charge in [0, 0.05) is 11.9 Å². The molecule has 0 aliphatic rings. The van der Waals surface area contributed by atoms with Gasteiger partial charge in [0.25, 0.3) is 5.91 Å². The fourth-order valence-corrected chi connectivity index (χ4v) is 3.06. The van der Waals surface area contributed by atoms with Crippen molar-refractivity contribution in [3.05, 3.63) is 53.6 Å². The Hall–Kier alpha value is -2.21. The van der Waals surface area contributed by atoms with Gasteiger partial charge < -0.3 is 15.3 Å². The maximum Gasteiger partial charge on any atom is 0.253 e. The molecule has 0 bridgehead atoms. The maximum absolute atomic E-state index is 12.5. The van der Waals surface area contributed by atoms with E-state index in [1.165, 1.54) is 0 Å². The molecule has 120 valence electrons. The van der Waals surface area contributed by atoms with Crippen LogP contribution in [0, 0.1) is 6.92 Å².